The van der Waals surface area contributed by atoms with Crippen molar-refractivity contribution >= 4 is 0 Å². The van der Waals surface area contributed by atoms with Gasteiger partial charge in [-0.05, 0) is 54.7 Å². The summed E-state index contributed by atoms with van der Waals surface area (Å²) in [6, 6.07) is 10.7. The van der Waals surface area contributed by atoms with Gasteiger partial charge in [0.15, 0.2) is 11.6 Å². The molecule has 0 bridgehead atoms. The molecule has 0 aromatic heterocycles. The van der Waals surface area contributed by atoms with Gasteiger partial charge in [0.05, 0.1) is 0 Å². The molecule has 1 unspecified atom stereocenters. The van der Waals surface area contributed by atoms with Crippen LogP contribution < -0.4 is 10.5 Å². The Hall–Kier alpha value is -1.87. The topological polar surface area (TPSA) is 35.2 Å². The van der Waals surface area contributed by atoms with E-state index in [0.717, 1.165) is 11.1 Å². The zero-order chi connectivity index (χ0) is 15.6. The Bertz CT molecular complexity index is 635. The molecule has 2 aromatic rings. The second-order valence-electron chi connectivity index (χ2n) is 5.76. The highest BCUT2D eigenvalue weighted by atomic mass is 19.1. The summed E-state index contributed by atoms with van der Waals surface area (Å²) in [5.41, 5.74) is 8.66. The first-order valence-corrected chi connectivity index (χ1v) is 7.22. The summed E-state index contributed by atoms with van der Waals surface area (Å²) >= 11 is 0. The number of nitrogens with two attached hydrogens (primary N) is 1. The summed E-state index contributed by atoms with van der Waals surface area (Å²) in [6.07, 6.45) is 0. The standard InChI is InChI=1S/C18H22FNO/c1-11(2)14-6-5-12(3)18(10-14)21-17-8-7-15(13(4)20)9-16(17)19/h5-11,13H,20H2,1-4H3. The average molecular weight is 287 g/mol. The Morgan fingerprint density at radius 2 is 1.62 bits per heavy atom. The highest BCUT2D eigenvalue weighted by Gasteiger charge is 2.11. The average Bonchev–Trinajstić information content (AvgIpc) is 2.42. The fraction of sp³-hybridized carbons (Fsp3) is 0.333. The van der Waals surface area contributed by atoms with Gasteiger partial charge >= 0.3 is 0 Å². The predicted molar refractivity (Wildman–Crippen MR) is 84.3 cm³/mol. The smallest absolute Gasteiger partial charge is 0.166 e. The van der Waals surface area contributed by atoms with E-state index in [9.17, 15) is 4.39 Å². The lowest BCUT2D eigenvalue weighted by molar-refractivity contribution is 0.438. The molecule has 1 atom stereocenters. The summed E-state index contributed by atoms with van der Waals surface area (Å²) in [5, 5.41) is 0. The first kappa shape index (κ1) is 15.5. The number of hydrogen-bond donors (Lipinski definition) is 1. The minimum Gasteiger partial charge on any atom is -0.454 e. The van der Waals surface area contributed by atoms with Crippen LogP contribution in [0.15, 0.2) is 36.4 Å². The molecule has 2 nitrogen and oxygen atoms in total. The molecule has 2 rings (SSSR count). The summed E-state index contributed by atoms with van der Waals surface area (Å²) in [7, 11) is 0. The van der Waals surface area contributed by atoms with Crippen molar-refractivity contribution in [1.82, 2.24) is 0 Å². The van der Waals surface area contributed by atoms with Gasteiger partial charge < -0.3 is 10.5 Å². The molecule has 2 aromatic carbocycles. The normalized spacial score (nSPS) is 12.5. The van der Waals surface area contributed by atoms with E-state index in [4.69, 9.17) is 10.5 Å². The lowest BCUT2D eigenvalue weighted by atomic mass is 10.0. The quantitative estimate of drug-likeness (QED) is 0.852. The molecule has 0 aliphatic carbocycles. The number of rotatable bonds is 4. The van der Waals surface area contributed by atoms with E-state index in [1.54, 1.807) is 12.1 Å². The number of benzene rings is 2. The molecular weight excluding hydrogens is 265 g/mol. The fourth-order valence-corrected chi connectivity index (χ4v) is 2.09. The Morgan fingerprint density at radius 1 is 0.952 bits per heavy atom. The third-order valence-corrected chi connectivity index (χ3v) is 3.58. The summed E-state index contributed by atoms with van der Waals surface area (Å²) < 4.78 is 19.9. The number of hydrogen-bond acceptors (Lipinski definition) is 2. The van der Waals surface area contributed by atoms with Crippen LogP contribution in [0, 0.1) is 12.7 Å². The van der Waals surface area contributed by atoms with Crippen LogP contribution in [0.5, 0.6) is 11.5 Å². The van der Waals surface area contributed by atoms with E-state index in [1.807, 2.05) is 26.0 Å². The minimum absolute atomic E-state index is 0.195. The van der Waals surface area contributed by atoms with Crippen molar-refractivity contribution in [3.05, 3.63) is 58.9 Å². The van der Waals surface area contributed by atoms with Crippen LogP contribution in [0.1, 0.15) is 49.4 Å². The van der Waals surface area contributed by atoms with E-state index in [2.05, 4.69) is 19.9 Å². The Balaban J connectivity index is 2.32. The minimum atomic E-state index is -0.390. The molecule has 0 fully saturated rings. The second kappa shape index (κ2) is 6.27. The molecule has 0 spiro atoms. The van der Waals surface area contributed by atoms with Crippen LogP contribution in [-0.4, -0.2) is 0 Å². The van der Waals surface area contributed by atoms with E-state index in [-0.39, 0.29) is 17.6 Å². The van der Waals surface area contributed by atoms with E-state index in [0.29, 0.717) is 11.7 Å². The molecule has 0 heterocycles. The van der Waals surface area contributed by atoms with Gasteiger partial charge in [-0.15, -0.1) is 0 Å². The highest BCUT2D eigenvalue weighted by molar-refractivity contribution is 5.42. The maximum atomic E-state index is 14.1. The van der Waals surface area contributed by atoms with Gasteiger partial charge in [0.1, 0.15) is 5.75 Å². The van der Waals surface area contributed by atoms with Gasteiger partial charge in [-0.1, -0.05) is 32.0 Å². The van der Waals surface area contributed by atoms with Crippen LogP contribution in [0.4, 0.5) is 4.39 Å². The largest absolute Gasteiger partial charge is 0.454 e. The third kappa shape index (κ3) is 3.61. The van der Waals surface area contributed by atoms with Crippen molar-refractivity contribution in [2.75, 3.05) is 0 Å². The van der Waals surface area contributed by atoms with E-state index in [1.165, 1.54) is 11.6 Å². The Morgan fingerprint density at radius 3 is 2.19 bits per heavy atom. The lowest BCUT2D eigenvalue weighted by Gasteiger charge is -2.14. The van der Waals surface area contributed by atoms with Crippen molar-refractivity contribution in [2.45, 2.75) is 39.7 Å². The molecule has 3 heteroatoms. The first-order chi connectivity index (χ1) is 9.88. The van der Waals surface area contributed by atoms with Crippen LogP contribution in [-0.2, 0) is 0 Å². The maximum absolute atomic E-state index is 14.1. The van der Waals surface area contributed by atoms with Gasteiger partial charge in [0, 0.05) is 6.04 Å². The van der Waals surface area contributed by atoms with Gasteiger partial charge in [0.2, 0.25) is 0 Å². The molecule has 0 radical (unpaired) electrons. The van der Waals surface area contributed by atoms with Crippen LogP contribution in [0.25, 0.3) is 0 Å². The monoisotopic (exact) mass is 287 g/mol. The van der Waals surface area contributed by atoms with Crippen molar-refractivity contribution in [3.8, 4) is 11.5 Å². The third-order valence-electron chi connectivity index (χ3n) is 3.58. The Labute approximate surface area is 125 Å². The zero-order valence-corrected chi connectivity index (χ0v) is 13.0. The molecule has 21 heavy (non-hydrogen) atoms. The van der Waals surface area contributed by atoms with Crippen LogP contribution in [0.2, 0.25) is 0 Å². The van der Waals surface area contributed by atoms with Crippen molar-refractivity contribution in [1.29, 1.82) is 0 Å². The van der Waals surface area contributed by atoms with E-state index >= 15 is 0 Å². The lowest BCUT2D eigenvalue weighted by Crippen LogP contribution is -2.05. The number of ether oxygens (including phenoxy) is 1. The molecule has 0 aliphatic heterocycles. The van der Waals surface area contributed by atoms with Crippen molar-refractivity contribution in [2.24, 2.45) is 5.73 Å². The highest BCUT2D eigenvalue weighted by Crippen LogP contribution is 2.31. The summed E-state index contributed by atoms with van der Waals surface area (Å²) in [5.74, 6) is 0.925. The van der Waals surface area contributed by atoms with E-state index < -0.39 is 0 Å². The fourth-order valence-electron chi connectivity index (χ4n) is 2.09. The summed E-state index contributed by atoms with van der Waals surface area (Å²) in [6.45, 7) is 8.01. The molecule has 0 saturated heterocycles. The number of aryl methyl sites for hydroxylation is 1. The molecular formula is C18H22FNO. The maximum Gasteiger partial charge on any atom is 0.166 e. The molecule has 0 amide bonds. The predicted octanol–water partition coefficient (Wildman–Crippen LogP) is 5.07. The van der Waals surface area contributed by atoms with Gasteiger partial charge in [0.25, 0.3) is 0 Å². The molecule has 0 saturated carbocycles. The zero-order valence-electron chi connectivity index (χ0n) is 13.0. The molecule has 0 aliphatic rings. The molecule has 2 N–H and O–H groups in total. The Kier molecular flexibility index (Phi) is 4.63. The van der Waals surface area contributed by atoms with Crippen molar-refractivity contribution < 1.29 is 9.13 Å². The van der Waals surface area contributed by atoms with Crippen molar-refractivity contribution in [3.63, 3.8) is 0 Å². The summed E-state index contributed by atoms with van der Waals surface area (Å²) in [4.78, 5) is 0. The van der Waals surface area contributed by atoms with Crippen LogP contribution in [0.3, 0.4) is 0 Å². The van der Waals surface area contributed by atoms with Gasteiger partial charge in [-0.2, -0.15) is 0 Å². The van der Waals surface area contributed by atoms with Gasteiger partial charge in [-0.3, -0.25) is 0 Å². The first-order valence-electron chi connectivity index (χ1n) is 7.22. The van der Waals surface area contributed by atoms with Crippen LogP contribution >= 0.6 is 0 Å². The SMILES string of the molecule is Cc1ccc(C(C)C)cc1Oc1ccc(C(C)N)cc1F. The molecule has 112 valence electrons. The van der Waals surface area contributed by atoms with Gasteiger partial charge in [-0.25, -0.2) is 4.39 Å². The second-order valence-corrected chi connectivity index (χ2v) is 5.76. The number of halogens is 1.